The minimum absolute atomic E-state index is 0.197. The van der Waals surface area contributed by atoms with E-state index in [1.807, 2.05) is 30.5 Å². The van der Waals surface area contributed by atoms with E-state index in [-0.39, 0.29) is 6.04 Å². The molecule has 0 aliphatic carbocycles. The number of benzene rings is 2. The van der Waals surface area contributed by atoms with Crippen LogP contribution < -0.4 is 5.32 Å². The van der Waals surface area contributed by atoms with Crippen molar-refractivity contribution in [3.8, 4) is 5.69 Å². The fourth-order valence-electron chi connectivity index (χ4n) is 2.20. The van der Waals surface area contributed by atoms with Crippen LogP contribution in [-0.4, -0.2) is 15.0 Å². The Kier molecular flexibility index (Phi) is 4.01. The fraction of sp³-hybridized carbons (Fsp3) is 0.125. The first-order valence-corrected chi connectivity index (χ1v) is 7.51. The Morgan fingerprint density at radius 1 is 1.10 bits per heavy atom. The van der Waals surface area contributed by atoms with Crippen LogP contribution in [0.3, 0.4) is 0 Å². The normalized spacial score (nSPS) is 12.1. The van der Waals surface area contributed by atoms with Gasteiger partial charge in [-0.15, -0.1) is 5.10 Å². The van der Waals surface area contributed by atoms with Crippen LogP contribution in [0, 0.1) is 0 Å². The zero-order chi connectivity index (χ0) is 14.7. The lowest BCUT2D eigenvalue weighted by Gasteiger charge is -2.18. The van der Waals surface area contributed by atoms with Crippen LogP contribution in [-0.2, 0) is 0 Å². The lowest BCUT2D eigenvalue weighted by atomic mass is 10.1. The molecule has 0 amide bonds. The highest BCUT2D eigenvalue weighted by Crippen LogP contribution is 2.25. The third-order valence-electron chi connectivity index (χ3n) is 3.32. The SMILES string of the molecule is CC(Nc1ccccc1-n1ccnn1)c1ccc(Br)cc1. The molecule has 3 aromatic rings. The van der Waals surface area contributed by atoms with E-state index in [1.165, 1.54) is 5.56 Å². The van der Waals surface area contributed by atoms with Crippen LogP contribution in [0.5, 0.6) is 0 Å². The van der Waals surface area contributed by atoms with Gasteiger partial charge in [0, 0.05) is 10.5 Å². The molecule has 0 saturated carbocycles. The molecule has 1 unspecified atom stereocenters. The second-order valence-corrected chi connectivity index (χ2v) is 5.70. The number of anilines is 1. The Labute approximate surface area is 131 Å². The first-order valence-electron chi connectivity index (χ1n) is 6.72. The maximum Gasteiger partial charge on any atom is 0.0894 e. The van der Waals surface area contributed by atoms with Crippen molar-refractivity contribution < 1.29 is 0 Å². The summed E-state index contributed by atoms with van der Waals surface area (Å²) < 4.78 is 2.85. The van der Waals surface area contributed by atoms with E-state index in [0.29, 0.717) is 0 Å². The number of nitrogens with zero attached hydrogens (tertiary/aromatic N) is 3. The molecule has 0 spiro atoms. The third kappa shape index (κ3) is 3.13. The van der Waals surface area contributed by atoms with Gasteiger partial charge in [-0.05, 0) is 36.8 Å². The molecule has 1 N–H and O–H groups in total. The van der Waals surface area contributed by atoms with Gasteiger partial charge >= 0.3 is 0 Å². The van der Waals surface area contributed by atoms with Crippen molar-refractivity contribution in [2.24, 2.45) is 0 Å². The monoisotopic (exact) mass is 342 g/mol. The van der Waals surface area contributed by atoms with Crippen molar-refractivity contribution in [2.75, 3.05) is 5.32 Å². The number of para-hydroxylation sites is 2. The molecule has 1 heterocycles. The van der Waals surface area contributed by atoms with E-state index in [9.17, 15) is 0 Å². The second kappa shape index (κ2) is 6.10. The van der Waals surface area contributed by atoms with E-state index in [2.05, 4.69) is 62.7 Å². The predicted octanol–water partition coefficient (Wildman–Crippen LogP) is 4.20. The number of hydrogen-bond acceptors (Lipinski definition) is 3. The van der Waals surface area contributed by atoms with Crippen molar-refractivity contribution >= 4 is 21.6 Å². The molecule has 1 aromatic heterocycles. The molecule has 0 radical (unpaired) electrons. The topological polar surface area (TPSA) is 42.7 Å². The predicted molar refractivity (Wildman–Crippen MR) is 87.5 cm³/mol. The van der Waals surface area contributed by atoms with E-state index in [0.717, 1.165) is 15.8 Å². The molecule has 21 heavy (non-hydrogen) atoms. The summed E-state index contributed by atoms with van der Waals surface area (Å²) in [5.41, 5.74) is 3.24. The van der Waals surface area contributed by atoms with Crippen LogP contribution in [0.4, 0.5) is 5.69 Å². The maximum absolute atomic E-state index is 4.06. The summed E-state index contributed by atoms with van der Waals surface area (Å²) in [5.74, 6) is 0. The zero-order valence-electron chi connectivity index (χ0n) is 11.6. The summed E-state index contributed by atoms with van der Waals surface area (Å²) in [4.78, 5) is 0. The Morgan fingerprint density at radius 3 is 2.57 bits per heavy atom. The summed E-state index contributed by atoms with van der Waals surface area (Å²) in [5, 5.41) is 11.5. The summed E-state index contributed by atoms with van der Waals surface area (Å²) in [6.07, 6.45) is 3.51. The maximum atomic E-state index is 4.06. The number of rotatable bonds is 4. The Bertz CT molecular complexity index is 707. The molecule has 0 saturated heterocycles. The van der Waals surface area contributed by atoms with Crippen molar-refractivity contribution in [1.29, 1.82) is 0 Å². The van der Waals surface area contributed by atoms with Gasteiger partial charge in [-0.3, -0.25) is 0 Å². The van der Waals surface area contributed by atoms with E-state index < -0.39 is 0 Å². The van der Waals surface area contributed by atoms with Gasteiger partial charge in [0.05, 0.1) is 23.8 Å². The minimum Gasteiger partial charge on any atom is -0.377 e. The Hall–Kier alpha value is -2.14. The highest BCUT2D eigenvalue weighted by atomic mass is 79.9. The van der Waals surface area contributed by atoms with Gasteiger partial charge in [-0.2, -0.15) is 0 Å². The van der Waals surface area contributed by atoms with Crippen LogP contribution in [0.2, 0.25) is 0 Å². The highest BCUT2D eigenvalue weighted by molar-refractivity contribution is 9.10. The lowest BCUT2D eigenvalue weighted by Crippen LogP contribution is -2.09. The Morgan fingerprint density at radius 2 is 1.86 bits per heavy atom. The van der Waals surface area contributed by atoms with Crippen molar-refractivity contribution in [3.63, 3.8) is 0 Å². The molecular formula is C16H15BrN4. The van der Waals surface area contributed by atoms with Crippen LogP contribution in [0.25, 0.3) is 5.69 Å². The molecule has 0 fully saturated rings. The third-order valence-corrected chi connectivity index (χ3v) is 3.84. The first kappa shape index (κ1) is 13.8. The van der Waals surface area contributed by atoms with E-state index >= 15 is 0 Å². The molecule has 3 rings (SSSR count). The van der Waals surface area contributed by atoms with Gasteiger partial charge in [0.25, 0.3) is 0 Å². The van der Waals surface area contributed by atoms with Crippen LogP contribution in [0.15, 0.2) is 65.4 Å². The molecule has 0 aliphatic heterocycles. The van der Waals surface area contributed by atoms with Crippen molar-refractivity contribution in [2.45, 2.75) is 13.0 Å². The van der Waals surface area contributed by atoms with Gasteiger partial charge in [0.1, 0.15) is 0 Å². The molecule has 0 aliphatic rings. The largest absolute Gasteiger partial charge is 0.377 e. The van der Waals surface area contributed by atoms with Gasteiger partial charge in [0.15, 0.2) is 0 Å². The molecule has 0 bridgehead atoms. The van der Waals surface area contributed by atoms with Crippen molar-refractivity contribution in [3.05, 3.63) is 71.0 Å². The molecule has 1 atom stereocenters. The summed E-state index contributed by atoms with van der Waals surface area (Å²) >= 11 is 3.46. The number of halogens is 1. The molecule has 4 nitrogen and oxygen atoms in total. The van der Waals surface area contributed by atoms with E-state index in [1.54, 1.807) is 10.9 Å². The van der Waals surface area contributed by atoms with Gasteiger partial charge in [-0.1, -0.05) is 45.4 Å². The summed E-state index contributed by atoms with van der Waals surface area (Å²) in [6, 6.07) is 16.6. The molecule has 5 heteroatoms. The molecular weight excluding hydrogens is 328 g/mol. The van der Waals surface area contributed by atoms with Crippen LogP contribution in [0.1, 0.15) is 18.5 Å². The lowest BCUT2D eigenvalue weighted by molar-refractivity contribution is 0.798. The highest BCUT2D eigenvalue weighted by Gasteiger charge is 2.09. The standard InChI is InChI=1S/C16H15BrN4/c1-12(13-6-8-14(17)9-7-13)19-15-4-2-3-5-16(15)21-11-10-18-20-21/h2-12,19H,1H3. The second-order valence-electron chi connectivity index (χ2n) is 4.78. The fourth-order valence-corrected chi connectivity index (χ4v) is 2.46. The van der Waals surface area contributed by atoms with E-state index in [4.69, 9.17) is 0 Å². The summed E-state index contributed by atoms with van der Waals surface area (Å²) in [7, 11) is 0. The Balaban J connectivity index is 1.86. The first-order chi connectivity index (χ1) is 10.2. The van der Waals surface area contributed by atoms with Gasteiger partial charge < -0.3 is 5.32 Å². The van der Waals surface area contributed by atoms with Crippen molar-refractivity contribution in [1.82, 2.24) is 15.0 Å². The minimum atomic E-state index is 0.197. The van der Waals surface area contributed by atoms with Crippen LogP contribution >= 0.6 is 15.9 Å². The average Bonchev–Trinajstić information content (AvgIpc) is 3.02. The average molecular weight is 343 g/mol. The number of nitrogens with one attached hydrogen (secondary N) is 1. The number of hydrogen-bond donors (Lipinski definition) is 1. The molecule has 2 aromatic carbocycles. The number of aromatic nitrogens is 3. The van der Waals surface area contributed by atoms with Gasteiger partial charge in [-0.25, -0.2) is 4.68 Å². The quantitative estimate of drug-likeness (QED) is 0.772. The smallest absolute Gasteiger partial charge is 0.0894 e. The van der Waals surface area contributed by atoms with Gasteiger partial charge in [0.2, 0.25) is 0 Å². The summed E-state index contributed by atoms with van der Waals surface area (Å²) in [6.45, 7) is 2.14. The molecule has 106 valence electrons. The zero-order valence-corrected chi connectivity index (χ0v) is 13.2.